The molecule has 216 valence electrons. The maximum Gasteiger partial charge on any atom is 0.235 e. The van der Waals surface area contributed by atoms with Gasteiger partial charge in [-0.05, 0) is 48.9 Å². The van der Waals surface area contributed by atoms with Crippen LogP contribution >= 0.6 is 0 Å². The number of methoxy groups -OCH3 is 4. The normalized spacial score (nSPS) is 21.9. The van der Waals surface area contributed by atoms with Crippen LogP contribution < -0.4 is 29.6 Å². The summed E-state index contributed by atoms with van der Waals surface area (Å²) in [6.45, 7) is 1.43. The molecular formula is C31H34N2O8. The molecule has 0 radical (unpaired) electrons. The van der Waals surface area contributed by atoms with Gasteiger partial charge in [-0.2, -0.15) is 0 Å². The Bertz CT molecular complexity index is 1440. The van der Waals surface area contributed by atoms with Crippen molar-refractivity contribution >= 4 is 29.0 Å². The Hall–Kier alpha value is -4.57. The van der Waals surface area contributed by atoms with E-state index in [1.807, 2.05) is 0 Å². The van der Waals surface area contributed by atoms with Gasteiger partial charge in [-0.15, -0.1) is 0 Å². The molecule has 3 N–H and O–H groups in total. The molecule has 1 aliphatic carbocycles. The highest BCUT2D eigenvalue weighted by Crippen LogP contribution is 2.48. The minimum Gasteiger partial charge on any atom is -0.495 e. The zero-order chi connectivity index (χ0) is 29.7. The fraction of sp³-hybridized carbons (Fsp3) is 0.323. The predicted molar refractivity (Wildman–Crippen MR) is 153 cm³/mol. The van der Waals surface area contributed by atoms with Crippen molar-refractivity contribution in [2.75, 3.05) is 39.1 Å². The lowest BCUT2D eigenvalue weighted by molar-refractivity contribution is -0.150. The molecule has 0 aromatic heterocycles. The van der Waals surface area contributed by atoms with Gasteiger partial charge in [0.05, 0.1) is 51.3 Å². The number of carbonyl (C=O) groups is 3. The first-order valence-electron chi connectivity index (χ1n) is 13.0. The highest BCUT2D eigenvalue weighted by Gasteiger charge is 2.56. The molecule has 4 atom stereocenters. The van der Waals surface area contributed by atoms with Crippen LogP contribution in [0.25, 0.3) is 0 Å². The van der Waals surface area contributed by atoms with E-state index in [2.05, 4.69) is 10.6 Å². The van der Waals surface area contributed by atoms with Crippen molar-refractivity contribution in [2.45, 2.75) is 24.9 Å². The Morgan fingerprint density at radius 1 is 0.756 bits per heavy atom. The lowest BCUT2D eigenvalue weighted by Gasteiger charge is -2.44. The molecular weight excluding hydrogens is 528 g/mol. The number of hydrogen-bond acceptors (Lipinski definition) is 8. The first-order valence-corrected chi connectivity index (χ1v) is 13.0. The van der Waals surface area contributed by atoms with Crippen LogP contribution in [0.4, 0.5) is 11.4 Å². The van der Waals surface area contributed by atoms with E-state index in [4.69, 9.17) is 18.9 Å². The number of Topliss-reactive ketones (excluding diaryl/α,β-unsaturated/α-hetero) is 1. The van der Waals surface area contributed by atoms with Gasteiger partial charge in [0.2, 0.25) is 11.8 Å². The van der Waals surface area contributed by atoms with Crippen LogP contribution in [0.5, 0.6) is 23.0 Å². The highest BCUT2D eigenvalue weighted by atomic mass is 16.5. The second-order valence-corrected chi connectivity index (χ2v) is 9.97. The maximum absolute atomic E-state index is 14.0. The SMILES string of the molecule is COc1ccccc1NC(=O)[C@@H]1C(=O)C[C@](C)(O)[C@@H](C(=O)Nc2ccccc2OC)[C@@H]1c1ccc(OC)c(OC)c1. The molecule has 0 heterocycles. The number of aliphatic hydroxyl groups is 1. The summed E-state index contributed by atoms with van der Waals surface area (Å²) in [4.78, 5) is 41.5. The lowest BCUT2D eigenvalue weighted by atomic mass is 9.61. The molecule has 10 nitrogen and oxygen atoms in total. The first-order chi connectivity index (χ1) is 19.6. The van der Waals surface area contributed by atoms with Gasteiger partial charge in [0.25, 0.3) is 0 Å². The molecule has 0 aliphatic heterocycles. The fourth-order valence-corrected chi connectivity index (χ4v) is 5.47. The minimum atomic E-state index is -1.79. The molecule has 4 rings (SSSR count). The molecule has 1 fully saturated rings. The third kappa shape index (κ3) is 5.97. The molecule has 3 aromatic carbocycles. The van der Waals surface area contributed by atoms with E-state index in [1.54, 1.807) is 66.7 Å². The number of hydrogen-bond donors (Lipinski definition) is 3. The summed E-state index contributed by atoms with van der Waals surface area (Å²) >= 11 is 0. The second kappa shape index (κ2) is 12.3. The van der Waals surface area contributed by atoms with Crippen LogP contribution in [0, 0.1) is 11.8 Å². The maximum atomic E-state index is 14.0. The number of ketones is 1. The Kier molecular flexibility index (Phi) is 8.83. The largest absolute Gasteiger partial charge is 0.495 e. The summed E-state index contributed by atoms with van der Waals surface area (Å²) < 4.78 is 21.6. The molecule has 0 bridgehead atoms. The molecule has 1 aliphatic rings. The monoisotopic (exact) mass is 562 g/mol. The van der Waals surface area contributed by atoms with Crippen molar-refractivity contribution in [3.8, 4) is 23.0 Å². The Labute approximate surface area is 238 Å². The molecule has 2 amide bonds. The number of rotatable bonds is 9. The summed E-state index contributed by atoms with van der Waals surface area (Å²) in [5, 5.41) is 17.2. The zero-order valence-corrected chi connectivity index (χ0v) is 23.6. The summed E-state index contributed by atoms with van der Waals surface area (Å²) in [6, 6.07) is 18.6. The summed E-state index contributed by atoms with van der Waals surface area (Å²) in [5.74, 6) is -3.76. The van der Waals surface area contributed by atoms with Gasteiger partial charge in [0.1, 0.15) is 23.2 Å². The van der Waals surface area contributed by atoms with Crippen LogP contribution in [0.3, 0.4) is 0 Å². The van der Waals surface area contributed by atoms with Gasteiger partial charge in [-0.3, -0.25) is 14.4 Å². The molecule has 41 heavy (non-hydrogen) atoms. The van der Waals surface area contributed by atoms with E-state index in [-0.39, 0.29) is 0 Å². The summed E-state index contributed by atoms with van der Waals surface area (Å²) in [6.07, 6.45) is -0.412. The van der Waals surface area contributed by atoms with Gasteiger partial charge in [0, 0.05) is 12.3 Å². The number of para-hydroxylation sites is 4. The van der Waals surface area contributed by atoms with Gasteiger partial charge in [-0.1, -0.05) is 30.3 Å². The molecule has 0 unspecified atom stereocenters. The number of benzene rings is 3. The van der Waals surface area contributed by atoms with E-state index >= 15 is 0 Å². The minimum absolute atomic E-state index is 0.343. The number of amides is 2. The number of anilines is 2. The van der Waals surface area contributed by atoms with E-state index in [9.17, 15) is 19.5 Å². The van der Waals surface area contributed by atoms with Gasteiger partial charge < -0.3 is 34.7 Å². The second-order valence-electron chi connectivity index (χ2n) is 9.97. The van der Waals surface area contributed by atoms with Crippen LogP contribution in [-0.4, -0.2) is 56.7 Å². The van der Waals surface area contributed by atoms with Crippen molar-refractivity contribution in [1.29, 1.82) is 0 Å². The van der Waals surface area contributed by atoms with Gasteiger partial charge >= 0.3 is 0 Å². The lowest BCUT2D eigenvalue weighted by Crippen LogP contribution is -2.56. The van der Waals surface area contributed by atoms with E-state index in [0.29, 0.717) is 39.9 Å². The van der Waals surface area contributed by atoms with Crippen molar-refractivity contribution in [3.05, 3.63) is 72.3 Å². The third-order valence-electron chi connectivity index (χ3n) is 7.35. The molecule has 1 saturated carbocycles. The predicted octanol–water partition coefficient (Wildman–Crippen LogP) is 4.04. The van der Waals surface area contributed by atoms with Crippen LogP contribution in [-0.2, 0) is 14.4 Å². The number of carbonyl (C=O) groups excluding carboxylic acids is 3. The standard InChI is InChI=1S/C31H34N2O8/c1-31(37)17-21(34)27(29(35)32-19-10-6-8-12-22(19)38-2)26(18-14-15-24(40-4)25(16-18)41-5)28(31)30(36)33-20-11-7-9-13-23(20)39-3/h6-16,26-28,37H,17H2,1-5H3,(H,32,35)(H,33,36)/t26-,27-,28-,31+/m1/s1. The van der Waals surface area contributed by atoms with E-state index in [1.165, 1.54) is 35.4 Å². The van der Waals surface area contributed by atoms with Crippen LogP contribution in [0.2, 0.25) is 0 Å². The average Bonchev–Trinajstić information content (AvgIpc) is 2.96. The Balaban J connectivity index is 1.84. The Morgan fingerprint density at radius 3 is 1.80 bits per heavy atom. The smallest absolute Gasteiger partial charge is 0.235 e. The van der Waals surface area contributed by atoms with Crippen molar-refractivity contribution < 1.29 is 38.4 Å². The summed E-state index contributed by atoms with van der Waals surface area (Å²) in [5.41, 5.74) is -0.598. The van der Waals surface area contributed by atoms with Crippen LogP contribution in [0.1, 0.15) is 24.8 Å². The molecule has 10 heteroatoms. The molecule has 3 aromatic rings. The molecule has 0 spiro atoms. The zero-order valence-electron chi connectivity index (χ0n) is 23.6. The topological polar surface area (TPSA) is 132 Å². The quantitative estimate of drug-likeness (QED) is 0.333. The van der Waals surface area contributed by atoms with Crippen LogP contribution in [0.15, 0.2) is 66.7 Å². The first kappa shape index (κ1) is 29.4. The number of nitrogens with one attached hydrogen (secondary N) is 2. The van der Waals surface area contributed by atoms with E-state index in [0.717, 1.165) is 0 Å². The average molecular weight is 563 g/mol. The van der Waals surface area contributed by atoms with E-state index < -0.39 is 47.4 Å². The summed E-state index contributed by atoms with van der Waals surface area (Å²) in [7, 11) is 5.89. The highest BCUT2D eigenvalue weighted by molar-refractivity contribution is 6.11. The number of ether oxygens (including phenoxy) is 4. The van der Waals surface area contributed by atoms with Gasteiger partial charge in [-0.25, -0.2) is 0 Å². The van der Waals surface area contributed by atoms with Crippen molar-refractivity contribution in [3.63, 3.8) is 0 Å². The Morgan fingerprint density at radius 2 is 1.27 bits per heavy atom. The molecule has 0 saturated heterocycles. The van der Waals surface area contributed by atoms with Gasteiger partial charge in [0.15, 0.2) is 11.5 Å². The fourth-order valence-electron chi connectivity index (χ4n) is 5.47. The third-order valence-corrected chi connectivity index (χ3v) is 7.35. The van der Waals surface area contributed by atoms with Crippen molar-refractivity contribution in [2.24, 2.45) is 11.8 Å². The van der Waals surface area contributed by atoms with Crippen molar-refractivity contribution in [1.82, 2.24) is 0 Å².